The number of nitrogens with zero attached hydrogens (tertiary/aromatic N) is 1. The predicted octanol–water partition coefficient (Wildman–Crippen LogP) is 5.79. The molecule has 0 heterocycles. The lowest BCUT2D eigenvalue weighted by Crippen LogP contribution is -2.34. The van der Waals surface area contributed by atoms with Crippen molar-refractivity contribution in [3.63, 3.8) is 0 Å². The minimum Gasteiger partial charge on any atom is -0.282 e. The summed E-state index contributed by atoms with van der Waals surface area (Å²) in [5.74, 6) is 3.40. The zero-order chi connectivity index (χ0) is 16.2. The summed E-state index contributed by atoms with van der Waals surface area (Å²) < 4.78 is 4.93. The van der Waals surface area contributed by atoms with Gasteiger partial charge >= 0.3 is 0 Å². The molecule has 114 valence electrons. The first-order valence-corrected chi connectivity index (χ1v) is 10.7. The highest BCUT2D eigenvalue weighted by molar-refractivity contribution is 6.79. The van der Waals surface area contributed by atoms with E-state index in [2.05, 4.69) is 88.3 Å². The first-order valence-electron chi connectivity index (χ1n) is 7.77. The van der Waals surface area contributed by atoms with Gasteiger partial charge in [-0.15, -0.1) is 0 Å². The Balaban J connectivity index is 2.58. The molecule has 1 nitrogen and oxygen atoms in total. The van der Waals surface area contributed by atoms with Gasteiger partial charge in [-0.3, -0.25) is 4.66 Å². The van der Waals surface area contributed by atoms with Crippen molar-refractivity contribution in [2.45, 2.75) is 38.9 Å². The Morgan fingerprint density at radius 1 is 0.818 bits per heavy atom. The van der Waals surface area contributed by atoms with Gasteiger partial charge < -0.3 is 0 Å². The van der Waals surface area contributed by atoms with E-state index in [1.165, 1.54) is 0 Å². The molecule has 0 unspecified atom stereocenters. The van der Waals surface area contributed by atoms with Crippen molar-refractivity contribution >= 4 is 19.7 Å². The summed E-state index contributed by atoms with van der Waals surface area (Å²) in [5, 5.41) is 0.221. The van der Waals surface area contributed by atoms with Gasteiger partial charge in [0.2, 0.25) is 0 Å². The third-order valence-electron chi connectivity index (χ3n) is 4.41. The molecule has 2 aromatic rings. The third kappa shape index (κ3) is 3.85. The van der Waals surface area contributed by atoms with Crippen LogP contribution >= 0.6 is 0 Å². The van der Waals surface area contributed by atoms with Crippen molar-refractivity contribution in [2.24, 2.45) is 4.66 Å². The van der Waals surface area contributed by atoms with Crippen LogP contribution in [0.5, 0.6) is 0 Å². The molecule has 2 rings (SSSR count). The van der Waals surface area contributed by atoms with E-state index in [1.807, 2.05) is 12.1 Å². The quantitative estimate of drug-likeness (QED) is 0.502. The molecule has 0 radical (unpaired) electrons. The van der Waals surface area contributed by atoms with Gasteiger partial charge in [0.05, 0.1) is 0 Å². The highest BCUT2D eigenvalue weighted by Gasteiger charge is 2.35. The van der Waals surface area contributed by atoms with Gasteiger partial charge in [0, 0.05) is 5.57 Å². The molecule has 0 aliphatic heterocycles. The lowest BCUT2D eigenvalue weighted by molar-refractivity contribution is 0.719. The minimum atomic E-state index is -1.74. The van der Waals surface area contributed by atoms with Crippen LogP contribution in [0.1, 0.15) is 31.9 Å². The van der Waals surface area contributed by atoms with Crippen LogP contribution in [0.4, 0.5) is 0 Å². The van der Waals surface area contributed by atoms with E-state index in [0.29, 0.717) is 0 Å². The first-order chi connectivity index (χ1) is 10.3. The highest BCUT2D eigenvalue weighted by atomic mass is 28.3. The second-order valence-electron chi connectivity index (χ2n) is 7.14. The fourth-order valence-corrected chi connectivity index (χ4v) is 2.60. The molecule has 0 N–H and O–H groups in total. The smallest absolute Gasteiger partial charge is 0.193 e. The van der Waals surface area contributed by atoms with Crippen LogP contribution in [-0.4, -0.2) is 14.1 Å². The Bertz CT molecular complexity index is 631. The molecule has 0 atom stereocenters. The molecule has 2 aromatic carbocycles. The standard InChI is InChI=1S/C20H25NSi/c1-20(2,3)22(4,5)21-16-19(17-12-8-6-9-13-17)18-14-10-7-11-15-18/h6-15H,1-5H3. The van der Waals surface area contributed by atoms with Crippen LogP contribution in [0.3, 0.4) is 0 Å². The van der Waals surface area contributed by atoms with Crippen LogP contribution in [0.15, 0.2) is 65.3 Å². The number of hydrogen-bond donors (Lipinski definition) is 0. The molecule has 0 saturated carbocycles. The number of hydrogen-bond acceptors (Lipinski definition) is 1. The minimum absolute atomic E-state index is 0.221. The van der Waals surface area contributed by atoms with Gasteiger partial charge in [-0.05, 0) is 35.1 Å². The maximum atomic E-state index is 4.93. The van der Waals surface area contributed by atoms with Crippen LogP contribution in [0.2, 0.25) is 18.1 Å². The molecule has 0 spiro atoms. The van der Waals surface area contributed by atoms with E-state index >= 15 is 0 Å². The topological polar surface area (TPSA) is 12.4 Å². The predicted molar refractivity (Wildman–Crippen MR) is 100 cm³/mol. The summed E-state index contributed by atoms with van der Waals surface area (Å²) in [7, 11) is -1.74. The zero-order valence-electron chi connectivity index (χ0n) is 14.2. The normalized spacial score (nSPS) is 11.7. The SMILES string of the molecule is CC(C)(C)[Si](C)(C)N=C=C(c1ccccc1)c1ccccc1. The third-order valence-corrected chi connectivity index (χ3v) is 8.75. The second-order valence-corrected chi connectivity index (χ2v) is 12.0. The summed E-state index contributed by atoms with van der Waals surface area (Å²) in [6, 6.07) is 20.8. The first kappa shape index (κ1) is 16.5. The Kier molecular flexibility index (Phi) is 4.85. The summed E-state index contributed by atoms with van der Waals surface area (Å²) in [5.41, 5.74) is 3.40. The van der Waals surface area contributed by atoms with Gasteiger partial charge in [0.15, 0.2) is 8.24 Å². The van der Waals surface area contributed by atoms with Gasteiger partial charge in [-0.2, -0.15) is 0 Å². The van der Waals surface area contributed by atoms with Gasteiger partial charge in [-0.1, -0.05) is 81.4 Å². The van der Waals surface area contributed by atoms with Crippen molar-refractivity contribution in [3.05, 3.63) is 71.8 Å². The van der Waals surface area contributed by atoms with E-state index in [0.717, 1.165) is 16.7 Å². The Hall–Kier alpha value is -1.89. The highest BCUT2D eigenvalue weighted by Crippen LogP contribution is 2.36. The van der Waals surface area contributed by atoms with E-state index < -0.39 is 8.24 Å². The summed E-state index contributed by atoms with van der Waals surface area (Å²) >= 11 is 0. The molecule has 2 heteroatoms. The molecular formula is C20H25NSi. The number of rotatable bonds is 3. The molecular weight excluding hydrogens is 282 g/mol. The van der Waals surface area contributed by atoms with Crippen molar-refractivity contribution in [1.82, 2.24) is 0 Å². The molecule has 0 aliphatic carbocycles. The summed E-state index contributed by atoms with van der Waals surface area (Å²) in [6.45, 7) is 11.4. The molecule has 0 saturated heterocycles. The Morgan fingerprint density at radius 3 is 1.59 bits per heavy atom. The van der Waals surface area contributed by atoms with Crippen molar-refractivity contribution in [3.8, 4) is 0 Å². The van der Waals surface area contributed by atoms with Crippen LogP contribution < -0.4 is 0 Å². The van der Waals surface area contributed by atoms with Gasteiger partial charge in [0.25, 0.3) is 0 Å². The van der Waals surface area contributed by atoms with Crippen molar-refractivity contribution in [1.29, 1.82) is 0 Å². The number of benzene rings is 2. The van der Waals surface area contributed by atoms with E-state index in [9.17, 15) is 0 Å². The molecule has 0 aromatic heterocycles. The van der Waals surface area contributed by atoms with Gasteiger partial charge in [-0.25, -0.2) is 0 Å². The molecule has 0 bridgehead atoms. The maximum Gasteiger partial charge on any atom is 0.193 e. The summed E-state index contributed by atoms with van der Waals surface area (Å²) in [6.07, 6.45) is 0. The average molecular weight is 308 g/mol. The molecule has 0 amide bonds. The average Bonchev–Trinajstić information content (AvgIpc) is 2.48. The fourth-order valence-electron chi connectivity index (χ4n) is 1.87. The zero-order valence-corrected chi connectivity index (χ0v) is 15.2. The van der Waals surface area contributed by atoms with Crippen molar-refractivity contribution in [2.75, 3.05) is 0 Å². The second kappa shape index (κ2) is 6.47. The fraction of sp³-hybridized carbons (Fsp3) is 0.300. The lowest BCUT2D eigenvalue weighted by Gasteiger charge is -2.31. The van der Waals surface area contributed by atoms with Crippen LogP contribution in [-0.2, 0) is 0 Å². The van der Waals surface area contributed by atoms with Crippen LogP contribution in [0.25, 0.3) is 5.57 Å². The van der Waals surface area contributed by atoms with Crippen LogP contribution in [0, 0.1) is 0 Å². The Labute approximate surface area is 135 Å². The lowest BCUT2D eigenvalue weighted by atomic mass is 10.00. The van der Waals surface area contributed by atoms with E-state index in [-0.39, 0.29) is 5.04 Å². The van der Waals surface area contributed by atoms with E-state index in [1.54, 1.807) is 0 Å². The molecule has 22 heavy (non-hydrogen) atoms. The van der Waals surface area contributed by atoms with E-state index in [4.69, 9.17) is 4.66 Å². The largest absolute Gasteiger partial charge is 0.282 e. The molecule has 0 fully saturated rings. The monoisotopic (exact) mass is 307 g/mol. The van der Waals surface area contributed by atoms with Crippen molar-refractivity contribution < 1.29 is 0 Å². The Morgan fingerprint density at radius 2 is 1.23 bits per heavy atom. The molecule has 0 aliphatic rings. The maximum absolute atomic E-state index is 4.93. The van der Waals surface area contributed by atoms with Gasteiger partial charge in [0.1, 0.15) is 0 Å². The summed E-state index contributed by atoms with van der Waals surface area (Å²) in [4.78, 5) is 0.